The number of hydrogen-bond donors (Lipinski definition) is 2. The minimum Gasteiger partial charge on any atom is -0.389 e. The third kappa shape index (κ3) is 2.96. The Morgan fingerprint density at radius 3 is 2.50 bits per heavy atom. The van der Waals surface area contributed by atoms with E-state index in [1.807, 2.05) is 7.05 Å². The molecule has 2 nitrogen and oxygen atoms in total. The Morgan fingerprint density at radius 1 is 1.42 bits per heavy atom. The molecule has 0 unspecified atom stereocenters. The smallest absolute Gasteiger partial charge is 0.0774 e. The number of aliphatic hydroxyl groups is 1. The molecule has 0 bridgehead atoms. The van der Waals surface area contributed by atoms with E-state index in [9.17, 15) is 5.11 Å². The summed E-state index contributed by atoms with van der Waals surface area (Å²) < 4.78 is 0. The van der Waals surface area contributed by atoms with E-state index in [0.717, 1.165) is 31.7 Å². The first-order valence-corrected chi connectivity index (χ1v) is 5.31. The third-order valence-electron chi connectivity index (χ3n) is 2.58. The van der Waals surface area contributed by atoms with Crippen LogP contribution in [0.4, 0.5) is 0 Å². The third-order valence-corrected chi connectivity index (χ3v) is 2.78. The molecule has 0 heterocycles. The van der Waals surface area contributed by atoms with Gasteiger partial charge in [-0.15, -0.1) is 0 Å². The SMILES string of the molecule is CN(CCS)CC1(O)CCCC1. The molecule has 12 heavy (non-hydrogen) atoms. The molecule has 1 fully saturated rings. The molecule has 1 N–H and O–H groups in total. The Labute approximate surface area is 80.4 Å². The van der Waals surface area contributed by atoms with Crippen molar-refractivity contribution in [1.29, 1.82) is 0 Å². The number of likely N-dealkylation sites (N-methyl/N-ethyl adjacent to an activating group) is 1. The Kier molecular flexibility index (Phi) is 3.87. The van der Waals surface area contributed by atoms with Gasteiger partial charge < -0.3 is 10.0 Å². The van der Waals surface area contributed by atoms with Gasteiger partial charge in [0.25, 0.3) is 0 Å². The largest absolute Gasteiger partial charge is 0.389 e. The fourth-order valence-electron chi connectivity index (χ4n) is 1.94. The van der Waals surface area contributed by atoms with Gasteiger partial charge in [0.15, 0.2) is 0 Å². The normalized spacial score (nSPS) is 22.0. The van der Waals surface area contributed by atoms with Crippen molar-refractivity contribution in [1.82, 2.24) is 4.90 Å². The van der Waals surface area contributed by atoms with Crippen LogP contribution in [-0.2, 0) is 0 Å². The van der Waals surface area contributed by atoms with Gasteiger partial charge in [0.05, 0.1) is 5.60 Å². The maximum Gasteiger partial charge on any atom is 0.0774 e. The quantitative estimate of drug-likeness (QED) is 0.648. The molecule has 0 aliphatic heterocycles. The lowest BCUT2D eigenvalue weighted by atomic mass is 10.0. The maximum atomic E-state index is 10.0. The van der Waals surface area contributed by atoms with E-state index in [4.69, 9.17) is 0 Å². The van der Waals surface area contributed by atoms with Gasteiger partial charge in [-0.2, -0.15) is 12.6 Å². The van der Waals surface area contributed by atoms with Gasteiger partial charge in [0.2, 0.25) is 0 Å². The lowest BCUT2D eigenvalue weighted by molar-refractivity contribution is 0.0180. The summed E-state index contributed by atoms with van der Waals surface area (Å²) in [5.74, 6) is 0.868. The van der Waals surface area contributed by atoms with Gasteiger partial charge in [0.1, 0.15) is 0 Å². The van der Waals surface area contributed by atoms with Crippen molar-refractivity contribution in [3.05, 3.63) is 0 Å². The predicted octanol–water partition coefficient (Wildman–Crippen LogP) is 1.15. The second-order valence-corrected chi connectivity index (χ2v) is 4.34. The zero-order chi connectivity index (χ0) is 9.03. The van der Waals surface area contributed by atoms with Gasteiger partial charge in [-0.05, 0) is 19.9 Å². The summed E-state index contributed by atoms with van der Waals surface area (Å²) in [6.07, 6.45) is 4.32. The van der Waals surface area contributed by atoms with Crippen LogP contribution in [0, 0.1) is 0 Å². The fraction of sp³-hybridized carbons (Fsp3) is 1.00. The minimum atomic E-state index is -0.391. The molecule has 0 amide bonds. The van der Waals surface area contributed by atoms with E-state index in [-0.39, 0.29) is 0 Å². The molecule has 0 aromatic rings. The summed E-state index contributed by atoms with van der Waals surface area (Å²) in [7, 11) is 2.05. The Balaban J connectivity index is 2.28. The number of hydrogen-bond acceptors (Lipinski definition) is 3. The zero-order valence-electron chi connectivity index (χ0n) is 7.79. The predicted molar refractivity (Wildman–Crippen MR) is 54.8 cm³/mol. The highest BCUT2D eigenvalue weighted by molar-refractivity contribution is 7.80. The summed E-state index contributed by atoms with van der Waals surface area (Å²) in [6.45, 7) is 1.78. The van der Waals surface area contributed by atoms with Crippen molar-refractivity contribution in [2.24, 2.45) is 0 Å². The Bertz CT molecular complexity index is 134. The van der Waals surface area contributed by atoms with Gasteiger partial charge in [-0.1, -0.05) is 12.8 Å². The summed E-state index contributed by atoms with van der Waals surface area (Å²) in [5.41, 5.74) is -0.391. The van der Waals surface area contributed by atoms with Crippen LogP contribution in [0.3, 0.4) is 0 Å². The molecule has 0 saturated heterocycles. The lowest BCUT2D eigenvalue weighted by Crippen LogP contribution is -2.39. The summed E-state index contributed by atoms with van der Waals surface area (Å²) in [5, 5.41) is 10.0. The van der Waals surface area contributed by atoms with E-state index in [2.05, 4.69) is 17.5 Å². The van der Waals surface area contributed by atoms with E-state index >= 15 is 0 Å². The number of rotatable bonds is 4. The molecule has 3 heteroatoms. The molecule has 0 spiro atoms. The summed E-state index contributed by atoms with van der Waals surface area (Å²) in [6, 6.07) is 0. The fourth-order valence-corrected chi connectivity index (χ4v) is 2.28. The molecule has 1 aliphatic carbocycles. The summed E-state index contributed by atoms with van der Waals surface area (Å²) >= 11 is 4.16. The van der Waals surface area contributed by atoms with Crippen molar-refractivity contribution in [3.63, 3.8) is 0 Å². The van der Waals surface area contributed by atoms with Crippen LogP contribution in [0.2, 0.25) is 0 Å². The molecule has 0 aromatic heterocycles. The first-order chi connectivity index (χ1) is 5.66. The highest BCUT2D eigenvalue weighted by Crippen LogP contribution is 2.29. The van der Waals surface area contributed by atoms with Crippen LogP contribution in [0.25, 0.3) is 0 Å². The minimum absolute atomic E-state index is 0.391. The highest BCUT2D eigenvalue weighted by Gasteiger charge is 2.31. The maximum absolute atomic E-state index is 10.0. The van der Waals surface area contributed by atoms with Crippen LogP contribution in [-0.4, -0.2) is 41.5 Å². The second-order valence-electron chi connectivity index (χ2n) is 3.89. The molecule has 1 aliphatic rings. The highest BCUT2D eigenvalue weighted by atomic mass is 32.1. The van der Waals surface area contributed by atoms with Crippen LogP contribution in [0.5, 0.6) is 0 Å². The Morgan fingerprint density at radius 2 is 2.00 bits per heavy atom. The van der Waals surface area contributed by atoms with E-state index < -0.39 is 5.60 Å². The zero-order valence-corrected chi connectivity index (χ0v) is 8.69. The monoisotopic (exact) mass is 189 g/mol. The molecule has 72 valence electrons. The molecule has 0 atom stereocenters. The van der Waals surface area contributed by atoms with Crippen LogP contribution >= 0.6 is 12.6 Å². The first kappa shape index (κ1) is 10.4. The lowest BCUT2D eigenvalue weighted by Gasteiger charge is -2.28. The van der Waals surface area contributed by atoms with Crippen LogP contribution in [0.1, 0.15) is 25.7 Å². The number of thiol groups is 1. The average molecular weight is 189 g/mol. The number of nitrogens with zero attached hydrogens (tertiary/aromatic N) is 1. The van der Waals surface area contributed by atoms with Crippen molar-refractivity contribution in [3.8, 4) is 0 Å². The standard InChI is InChI=1S/C9H19NOS/c1-10(6-7-12)8-9(11)4-2-3-5-9/h11-12H,2-8H2,1H3. The first-order valence-electron chi connectivity index (χ1n) is 4.68. The van der Waals surface area contributed by atoms with Crippen molar-refractivity contribution < 1.29 is 5.11 Å². The second kappa shape index (κ2) is 4.49. The van der Waals surface area contributed by atoms with Crippen LogP contribution < -0.4 is 0 Å². The van der Waals surface area contributed by atoms with E-state index in [1.165, 1.54) is 12.8 Å². The summed E-state index contributed by atoms with van der Waals surface area (Å²) in [4.78, 5) is 2.16. The van der Waals surface area contributed by atoms with Gasteiger partial charge in [-0.3, -0.25) is 0 Å². The molecule has 0 aromatic carbocycles. The van der Waals surface area contributed by atoms with Crippen molar-refractivity contribution >= 4 is 12.6 Å². The molecule has 0 radical (unpaired) electrons. The topological polar surface area (TPSA) is 23.5 Å². The molecule has 1 saturated carbocycles. The van der Waals surface area contributed by atoms with Gasteiger partial charge in [-0.25, -0.2) is 0 Å². The van der Waals surface area contributed by atoms with Gasteiger partial charge in [0, 0.05) is 18.8 Å². The van der Waals surface area contributed by atoms with Crippen molar-refractivity contribution in [2.75, 3.05) is 25.9 Å². The molecular formula is C9H19NOS. The van der Waals surface area contributed by atoms with Gasteiger partial charge >= 0.3 is 0 Å². The van der Waals surface area contributed by atoms with E-state index in [0.29, 0.717) is 0 Å². The van der Waals surface area contributed by atoms with Crippen LogP contribution in [0.15, 0.2) is 0 Å². The Hall–Kier alpha value is 0.270. The van der Waals surface area contributed by atoms with Crippen molar-refractivity contribution in [2.45, 2.75) is 31.3 Å². The molecule has 1 rings (SSSR count). The average Bonchev–Trinajstić information content (AvgIpc) is 2.36. The van der Waals surface area contributed by atoms with E-state index in [1.54, 1.807) is 0 Å². The molecular weight excluding hydrogens is 170 g/mol.